The van der Waals surface area contributed by atoms with Crippen LogP contribution in [0.2, 0.25) is 5.02 Å². The fraction of sp³-hybridized carbons (Fsp3) is 0.605. The Bertz CT molecular complexity index is 1820. The minimum absolute atomic E-state index is 0.0290. The molecule has 1 aliphatic carbocycles. The van der Waals surface area contributed by atoms with Crippen molar-refractivity contribution in [2.45, 2.75) is 101 Å². The molecule has 2 aromatic carbocycles. The number of carbonyl (C=O) groups is 1. The molecule has 8 rings (SSSR count). The van der Waals surface area contributed by atoms with Gasteiger partial charge in [-0.3, -0.25) is 9.80 Å². The number of hydrogen-bond donors (Lipinski definition) is 0. The van der Waals surface area contributed by atoms with Gasteiger partial charge >= 0.3 is 12.1 Å². The molecule has 0 radical (unpaired) electrons. The number of amides is 1. The molecule has 10 nitrogen and oxygen atoms in total. The molecular weight excluding hydrogens is 680 g/mol. The summed E-state index contributed by atoms with van der Waals surface area (Å²) >= 11 is 6.82. The van der Waals surface area contributed by atoms with Gasteiger partial charge in [-0.2, -0.15) is 9.97 Å². The van der Waals surface area contributed by atoms with E-state index in [9.17, 15) is 9.18 Å². The molecule has 4 aliphatic heterocycles. The molecule has 0 unspecified atom stereocenters. The lowest BCUT2D eigenvalue weighted by atomic mass is 9.94. The molecule has 0 spiro atoms. The molecule has 1 saturated carbocycles. The molecule has 5 aliphatic rings. The maximum absolute atomic E-state index is 17.2. The summed E-state index contributed by atoms with van der Waals surface area (Å²) < 4.78 is 54.8. The average molecular weight is 726 g/mol. The van der Waals surface area contributed by atoms with Gasteiger partial charge in [0.2, 0.25) is 0 Å². The van der Waals surface area contributed by atoms with Gasteiger partial charge in [0.05, 0.1) is 17.6 Å². The van der Waals surface area contributed by atoms with Crippen molar-refractivity contribution in [1.82, 2.24) is 19.8 Å². The Morgan fingerprint density at radius 1 is 1.04 bits per heavy atom. The number of ether oxygens (including phenoxy) is 4. The SMILES string of the molecule is COCOc1cc(Cl)c(C2CC2)c(-c2ccc3c(N4C[C@H]5CC[C@@H](C4)N5C(=O)OC(C)(C)C)nc(OC[C@@]45CCCN4C[C@H](F)C5)nc3c2F)c1. The highest BCUT2D eigenvalue weighted by Crippen LogP contribution is 2.50. The number of aromatic nitrogens is 2. The molecule has 51 heavy (non-hydrogen) atoms. The Morgan fingerprint density at radius 2 is 1.80 bits per heavy atom. The van der Waals surface area contributed by atoms with Crippen molar-refractivity contribution in [3.8, 4) is 22.9 Å². The number of methoxy groups -OCH3 is 1. The van der Waals surface area contributed by atoms with Crippen molar-refractivity contribution in [3.63, 3.8) is 0 Å². The maximum atomic E-state index is 17.2. The lowest BCUT2D eigenvalue weighted by Crippen LogP contribution is -2.57. The Kier molecular flexibility index (Phi) is 8.94. The molecule has 4 atom stereocenters. The van der Waals surface area contributed by atoms with E-state index in [0.29, 0.717) is 59.2 Å². The summed E-state index contributed by atoms with van der Waals surface area (Å²) in [5, 5.41) is 1.07. The van der Waals surface area contributed by atoms with Crippen LogP contribution in [-0.2, 0) is 9.47 Å². The van der Waals surface area contributed by atoms with Gasteiger partial charge < -0.3 is 23.8 Å². The van der Waals surface area contributed by atoms with Crippen LogP contribution in [0, 0.1) is 5.82 Å². The van der Waals surface area contributed by atoms with Gasteiger partial charge in [-0.25, -0.2) is 13.6 Å². The Hall–Kier alpha value is -3.48. The molecule has 1 aromatic heterocycles. The standard InChI is InChI=1S/C38H46ClF2N5O5/c1-37(2,3)51-36(47)46-24-8-9-25(46)19-44(18-24)34-28-11-10-27(29-14-26(50-21-48-4)15-30(39)31(29)22-6-7-22)32(41)33(28)42-35(43-34)49-20-38-12-5-13-45(38)17-23(40)16-38/h10-11,14-15,22-25H,5-9,12-13,16-21H2,1-4H3/t23-,24-,25+,38+/m1/s1. The van der Waals surface area contributed by atoms with Crippen molar-refractivity contribution >= 4 is 34.4 Å². The van der Waals surface area contributed by atoms with Gasteiger partial charge in [-0.15, -0.1) is 0 Å². The first-order chi connectivity index (χ1) is 24.4. The van der Waals surface area contributed by atoms with Crippen LogP contribution >= 0.6 is 11.6 Å². The number of hydrogen-bond acceptors (Lipinski definition) is 9. The summed E-state index contributed by atoms with van der Waals surface area (Å²) in [5.41, 5.74) is 1.01. The zero-order valence-electron chi connectivity index (χ0n) is 29.7. The first-order valence-electron chi connectivity index (χ1n) is 18.2. The third-order valence-corrected chi connectivity index (χ3v) is 11.4. The van der Waals surface area contributed by atoms with Crippen LogP contribution in [0.15, 0.2) is 24.3 Å². The Morgan fingerprint density at radius 3 is 2.51 bits per heavy atom. The van der Waals surface area contributed by atoms with E-state index >= 15 is 4.39 Å². The number of alkyl halides is 1. The highest BCUT2D eigenvalue weighted by Gasteiger charge is 2.50. The third kappa shape index (κ3) is 6.56. The second-order valence-electron chi connectivity index (χ2n) is 15.9. The number of nitrogens with zero attached hydrogens (tertiary/aromatic N) is 5. The van der Waals surface area contributed by atoms with Gasteiger partial charge in [-0.1, -0.05) is 17.7 Å². The molecular formula is C38H46ClF2N5O5. The van der Waals surface area contributed by atoms with Crippen molar-refractivity contribution in [2.75, 3.05) is 51.6 Å². The average Bonchev–Trinajstić information content (AvgIpc) is 3.68. The van der Waals surface area contributed by atoms with E-state index in [1.807, 2.05) is 37.8 Å². The van der Waals surface area contributed by atoms with Crippen LogP contribution in [0.5, 0.6) is 11.8 Å². The van der Waals surface area contributed by atoms with E-state index in [2.05, 4.69) is 9.80 Å². The van der Waals surface area contributed by atoms with Gasteiger partial charge in [0.25, 0.3) is 0 Å². The van der Waals surface area contributed by atoms with Crippen LogP contribution in [0.25, 0.3) is 22.0 Å². The molecule has 3 aromatic rings. The molecule has 1 amide bonds. The molecule has 13 heteroatoms. The Labute approximate surface area is 302 Å². The molecule has 274 valence electrons. The zero-order chi connectivity index (χ0) is 35.7. The topological polar surface area (TPSA) is 89.5 Å². The van der Waals surface area contributed by atoms with Gasteiger partial charge in [0.1, 0.15) is 35.5 Å². The summed E-state index contributed by atoms with van der Waals surface area (Å²) in [6.45, 7) is 8.10. The first-order valence-corrected chi connectivity index (χ1v) is 18.5. The highest BCUT2D eigenvalue weighted by molar-refractivity contribution is 6.32. The number of rotatable bonds is 9. The predicted octanol–water partition coefficient (Wildman–Crippen LogP) is 7.49. The normalized spacial score (nSPS) is 26.2. The maximum Gasteiger partial charge on any atom is 0.410 e. The van der Waals surface area contributed by atoms with Crippen molar-refractivity contribution in [2.24, 2.45) is 0 Å². The molecule has 5 fully saturated rings. The summed E-state index contributed by atoms with van der Waals surface area (Å²) in [6, 6.07) is 7.09. The van der Waals surface area contributed by atoms with E-state index < -0.39 is 23.1 Å². The third-order valence-electron chi connectivity index (χ3n) is 11.1. The molecule has 2 bridgehead atoms. The van der Waals surface area contributed by atoms with E-state index in [0.717, 1.165) is 50.6 Å². The van der Waals surface area contributed by atoms with Crippen molar-refractivity contribution in [1.29, 1.82) is 0 Å². The monoisotopic (exact) mass is 725 g/mol. The van der Waals surface area contributed by atoms with Gasteiger partial charge in [0.15, 0.2) is 12.6 Å². The van der Waals surface area contributed by atoms with E-state index in [-0.39, 0.29) is 49.0 Å². The number of halogens is 3. The van der Waals surface area contributed by atoms with Crippen molar-refractivity contribution in [3.05, 3.63) is 40.7 Å². The van der Waals surface area contributed by atoms with E-state index in [1.54, 1.807) is 12.1 Å². The summed E-state index contributed by atoms with van der Waals surface area (Å²) in [7, 11) is 1.54. The lowest BCUT2D eigenvalue weighted by molar-refractivity contribution is 0.0122. The summed E-state index contributed by atoms with van der Waals surface area (Å²) in [4.78, 5) is 29.0. The van der Waals surface area contributed by atoms with E-state index in [1.165, 1.54) is 7.11 Å². The summed E-state index contributed by atoms with van der Waals surface area (Å²) in [5.74, 6) is 0.752. The van der Waals surface area contributed by atoms with Crippen molar-refractivity contribution < 1.29 is 32.5 Å². The van der Waals surface area contributed by atoms with Crippen LogP contribution in [0.4, 0.5) is 19.4 Å². The second kappa shape index (κ2) is 13.2. The van der Waals surface area contributed by atoms with Crippen LogP contribution < -0.4 is 14.4 Å². The smallest absolute Gasteiger partial charge is 0.410 e. The highest BCUT2D eigenvalue weighted by atomic mass is 35.5. The number of benzene rings is 2. The zero-order valence-corrected chi connectivity index (χ0v) is 30.5. The number of carbonyl (C=O) groups excluding carboxylic acids is 1. The quantitative estimate of drug-likeness (QED) is 0.208. The number of fused-ring (bicyclic) bond motifs is 4. The van der Waals surface area contributed by atoms with Crippen LogP contribution in [-0.4, -0.2) is 102 Å². The molecule has 5 heterocycles. The minimum Gasteiger partial charge on any atom is -0.467 e. The number of anilines is 1. The molecule has 4 saturated heterocycles. The minimum atomic E-state index is -0.908. The fourth-order valence-electron chi connectivity index (χ4n) is 8.79. The number of piperazine rings is 1. The molecule has 0 N–H and O–H groups in total. The predicted molar refractivity (Wildman–Crippen MR) is 190 cm³/mol. The van der Waals surface area contributed by atoms with Gasteiger partial charge in [0, 0.05) is 49.1 Å². The Balaban J connectivity index is 1.19. The van der Waals surface area contributed by atoms with Crippen LogP contribution in [0.1, 0.15) is 77.2 Å². The van der Waals surface area contributed by atoms with E-state index in [4.69, 9.17) is 40.5 Å². The van der Waals surface area contributed by atoms with Crippen LogP contribution in [0.3, 0.4) is 0 Å². The lowest BCUT2D eigenvalue weighted by Gasteiger charge is -2.42. The first kappa shape index (κ1) is 34.6. The second-order valence-corrected chi connectivity index (χ2v) is 16.3. The largest absolute Gasteiger partial charge is 0.467 e. The fourth-order valence-corrected chi connectivity index (χ4v) is 9.15. The van der Waals surface area contributed by atoms with Gasteiger partial charge in [-0.05, 0) is 101 Å². The summed E-state index contributed by atoms with van der Waals surface area (Å²) in [6.07, 6.45) is 4.59.